The Labute approximate surface area is 109 Å². The smallest absolute Gasteiger partial charge is 0.241 e. The summed E-state index contributed by atoms with van der Waals surface area (Å²) >= 11 is 0. The molecule has 1 aromatic rings. The van der Waals surface area contributed by atoms with Gasteiger partial charge in [-0.05, 0) is 26.8 Å². The summed E-state index contributed by atoms with van der Waals surface area (Å²) in [5.74, 6) is 0. The summed E-state index contributed by atoms with van der Waals surface area (Å²) in [5, 5.41) is 12.7. The molecule has 0 saturated carbocycles. The van der Waals surface area contributed by atoms with Gasteiger partial charge in [-0.1, -0.05) is 13.8 Å². The van der Waals surface area contributed by atoms with Crippen LogP contribution >= 0.6 is 0 Å². The highest BCUT2D eigenvalue weighted by atomic mass is 32.2. The first-order valence-corrected chi connectivity index (χ1v) is 7.58. The molecule has 0 bridgehead atoms. The van der Waals surface area contributed by atoms with Crippen molar-refractivity contribution < 1.29 is 8.42 Å². The first kappa shape index (κ1) is 15.1. The van der Waals surface area contributed by atoms with E-state index in [-0.39, 0.29) is 4.90 Å². The van der Waals surface area contributed by atoms with Gasteiger partial charge in [0.2, 0.25) is 10.0 Å². The number of rotatable bonds is 6. The molecule has 1 rings (SSSR count). The molecule has 0 spiro atoms. The Balaban J connectivity index is 2.75. The molecule has 0 atom stereocenters. The van der Waals surface area contributed by atoms with Crippen LogP contribution in [-0.4, -0.2) is 30.8 Å². The Morgan fingerprint density at radius 2 is 2.00 bits per heavy atom. The van der Waals surface area contributed by atoms with Crippen molar-refractivity contribution in [3.8, 4) is 0 Å². The van der Waals surface area contributed by atoms with Crippen molar-refractivity contribution in [1.82, 2.24) is 15.1 Å². The summed E-state index contributed by atoms with van der Waals surface area (Å²) in [7, 11) is -3.69. The van der Waals surface area contributed by atoms with Gasteiger partial charge in [-0.25, -0.2) is 13.6 Å². The summed E-state index contributed by atoms with van der Waals surface area (Å²) < 4.78 is 24.5. The Kier molecular flexibility index (Phi) is 4.89. The topological polar surface area (TPSA) is 90.0 Å². The van der Waals surface area contributed by atoms with E-state index in [1.165, 1.54) is 0 Å². The van der Waals surface area contributed by atoms with Crippen LogP contribution in [0.2, 0.25) is 0 Å². The summed E-state index contributed by atoms with van der Waals surface area (Å²) in [4.78, 5) is 0.152. The molecule has 0 aliphatic heterocycles. The number of nitrogens with two attached hydrogens (primary N) is 1. The number of sulfonamides is 1. The molecule has 6 nitrogen and oxygen atoms in total. The normalized spacial score (nSPS) is 12.3. The lowest BCUT2D eigenvalue weighted by Gasteiger charge is -2.08. The fourth-order valence-corrected chi connectivity index (χ4v) is 2.90. The third-order valence-corrected chi connectivity index (χ3v) is 3.86. The lowest BCUT2D eigenvalue weighted by atomic mass is 10.3. The SMILES string of the molecule is Cc1nn(CCCNC(C)C)c(C)c1S(N)(=O)=O. The lowest BCUT2D eigenvalue weighted by Crippen LogP contribution is -2.24. The van der Waals surface area contributed by atoms with E-state index in [0.717, 1.165) is 13.0 Å². The predicted molar refractivity (Wildman–Crippen MR) is 70.8 cm³/mol. The summed E-state index contributed by atoms with van der Waals surface area (Å²) in [6, 6.07) is 0.449. The molecular formula is C11H22N4O2S. The number of aryl methyl sites for hydroxylation is 2. The fourth-order valence-electron chi connectivity index (χ4n) is 1.93. The van der Waals surface area contributed by atoms with E-state index in [0.29, 0.717) is 24.0 Å². The highest BCUT2D eigenvalue weighted by Gasteiger charge is 2.20. The number of aromatic nitrogens is 2. The van der Waals surface area contributed by atoms with Crippen molar-refractivity contribution >= 4 is 10.0 Å². The van der Waals surface area contributed by atoms with Gasteiger partial charge in [0.05, 0.1) is 11.4 Å². The highest BCUT2D eigenvalue weighted by Crippen LogP contribution is 2.17. The highest BCUT2D eigenvalue weighted by molar-refractivity contribution is 7.89. The summed E-state index contributed by atoms with van der Waals surface area (Å²) in [6.45, 7) is 9.12. The molecule has 1 aromatic heterocycles. The number of hydrogen-bond acceptors (Lipinski definition) is 4. The standard InChI is InChI=1S/C11H22N4O2S/c1-8(2)13-6-5-7-15-10(4)11(9(3)14-15)18(12,16)17/h8,13H,5-7H2,1-4H3,(H2,12,16,17). The first-order valence-electron chi connectivity index (χ1n) is 6.03. The third-order valence-electron chi connectivity index (χ3n) is 2.70. The molecule has 0 radical (unpaired) electrons. The van der Waals surface area contributed by atoms with Crippen LogP contribution in [0.1, 0.15) is 31.7 Å². The van der Waals surface area contributed by atoms with E-state index in [4.69, 9.17) is 5.14 Å². The van der Waals surface area contributed by atoms with E-state index in [2.05, 4.69) is 24.3 Å². The Morgan fingerprint density at radius 1 is 1.39 bits per heavy atom. The minimum atomic E-state index is -3.69. The third kappa shape index (κ3) is 3.79. The maximum absolute atomic E-state index is 11.4. The number of nitrogens with zero attached hydrogens (tertiary/aromatic N) is 2. The van der Waals surface area contributed by atoms with Gasteiger partial charge in [0.15, 0.2) is 0 Å². The molecule has 0 unspecified atom stereocenters. The largest absolute Gasteiger partial charge is 0.314 e. The first-order chi connectivity index (χ1) is 8.23. The summed E-state index contributed by atoms with van der Waals surface area (Å²) in [5.41, 5.74) is 1.08. The molecule has 0 aliphatic carbocycles. The maximum Gasteiger partial charge on any atom is 0.241 e. The predicted octanol–water partition coefficient (Wildman–Crippen LogP) is 0.535. The van der Waals surface area contributed by atoms with Gasteiger partial charge < -0.3 is 5.32 Å². The van der Waals surface area contributed by atoms with Crippen molar-refractivity contribution in [3.63, 3.8) is 0 Å². The quantitative estimate of drug-likeness (QED) is 0.741. The molecular weight excluding hydrogens is 252 g/mol. The second kappa shape index (κ2) is 5.81. The van der Waals surface area contributed by atoms with Crippen molar-refractivity contribution in [2.75, 3.05) is 6.54 Å². The molecule has 1 heterocycles. The second-order valence-corrected chi connectivity index (χ2v) is 6.23. The van der Waals surface area contributed by atoms with Gasteiger partial charge in [0, 0.05) is 12.6 Å². The van der Waals surface area contributed by atoms with E-state index < -0.39 is 10.0 Å². The Hall–Kier alpha value is -0.920. The van der Waals surface area contributed by atoms with Crippen LogP contribution in [0.25, 0.3) is 0 Å². The van der Waals surface area contributed by atoms with E-state index >= 15 is 0 Å². The van der Waals surface area contributed by atoms with Crippen LogP contribution in [0.4, 0.5) is 0 Å². The molecule has 104 valence electrons. The van der Waals surface area contributed by atoms with Gasteiger partial charge in [-0.3, -0.25) is 4.68 Å². The molecule has 3 N–H and O–H groups in total. The maximum atomic E-state index is 11.4. The van der Waals surface area contributed by atoms with E-state index in [1.807, 2.05) is 0 Å². The number of primary sulfonamides is 1. The zero-order valence-corrected chi connectivity index (χ0v) is 12.2. The Bertz CT molecular complexity index is 505. The second-order valence-electron chi connectivity index (χ2n) is 4.73. The molecule has 18 heavy (non-hydrogen) atoms. The van der Waals surface area contributed by atoms with Crippen molar-refractivity contribution in [2.24, 2.45) is 5.14 Å². The monoisotopic (exact) mass is 274 g/mol. The van der Waals surface area contributed by atoms with Crippen LogP contribution in [0.5, 0.6) is 0 Å². The molecule has 0 aromatic carbocycles. The molecule has 0 saturated heterocycles. The zero-order chi connectivity index (χ0) is 13.9. The van der Waals surface area contributed by atoms with Crippen LogP contribution in [0.15, 0.2) is 4.90 Å². The fraction of sp³-hybridized carbons (Fsp3) is 0.727. The Morgan fingerprint density at radius 3 is 2.44 bits per heavy atom. The van der Waals surface area contributed by atoms with Crippen LogP contribution in [0.3, 0.4) is 0 Å². The molecule has 0 amide bonds. The van der Waals surface area contributed by atoms with Crippen LogP contribution < -0.4 is 10.5 Å². The average Bonchev–Trinajstić information content (AvgIpc) is 2.47. The van der Waals surface area contributed by atoms with Crippen molar-refractivity contribution in [3.05, 3.63) is 11.4 Å². The van der Waals surface area contributed by atoms with Crippen molar-refractivity contribution in [2.45, 2.75) is 51.6 Å². The van der Waals surface area contributed by atoms with Gasteiger partial charge in [-0.2, -0.15) is 5.10 Å². The minimum Gasteiger partial charge on any atom is -0.314 e. The molecule has 7 heteroatoms. The minimum absolute atomic E-state index is 0.152. The molecule has 0 aliphatic rings. The lowest BCUT2D eigenvalue weighted by molar-refractivity contribution is 0.505. The van der Waals surface area contributed by atoms with Crippen LogP contribution in [0, 0.1) is 13.8 Å². The number of nitrogens with one attached hydrogen (secondary N) is 1. The van der Waals surface area contributed by atoms with E-state index in [9.17, 15) is 8.42 Å². The van der Waals surface area contributed by atoms with Gasteiger partial charge in [0.25, 0.3) is 0 Å². The zero-order valence-electron chi connectivity index (χ0n) is 11.4. The summed E-state index contributed by atoms with van der Waals surface area (Å²) in [6.07, 6.45) is 0.893. The van der Waals surface area contributed by atoms with Gasteiger partial charge >= 0.3 is 0 Å². The van der Waals surface area contributed by atoms with Crippen molar-refractivity contribution in [1.29, 1.82) is 0 Å². The molecule has 0 fully saturated rings. The van der Waals surface area contributed by atoms with Crippen LogP contribution in [-0.2, 0) is 16.6 Å². The van der Waals surface area contributed by atoms with E-state index in [1.54, 1.807) is 18.5 Å². The van der Waals surface area contributed by atoms with Gasteiger partial charge in [-0.15, -0.1) is 0 Å². The number of hydrogen-bond donors (Lipinski definition) is 2. The van der Waals surface area contributed by atoms with Gasteiger partial charge in [0.1, 0.15) is 4.90 Å². The average molecular weight is 274 g/mol.